The minimum absolute atomic E-state index is 0. The third-order valence-corrected chi connectivity index (χ3v) is 4.01. The van der Waals surface area contributed by atoms with Crippen molar-refractivity contribution in [3.8, 4) is 0 Å². The molecule has 0 spiro atoms. The van der Waals surface area contributed by atoms with Crippen LogP contribution in [-0.4, -0.2) is 6.18 Å². The third-order valence-electron chi connectivity index (χ3n) is 1.39. The van der Waals surface area contributed by atoms with Gasteiger partial charge < -0.3 is 0 Å². The molecule has 5 heteroatoms. The number of rotatable bonds is 1. The van der Waals surface area contributed by atoms with E-state index in [1.54, 1.807) is 0 Å². The summed E-state index contributed by atoms with van der Waals surface area (Å²) in [5, 5.41) is 0.260. The molecule has 0 aromatic carbocycles. The van der Waals surface area contributed by atoms with Crippen LogP contribution in [0.5, 0.6) is 0 Å². The second kappa shape index (κ2) is 4.05. The van der Waals surface area contributed by atoms with Gasteiger partial charge >= 0.3 is 61.9 Å². The van der Waals surface area contributed by atoms with Crippen LogP contribution in [0.15, 0.2) is 0 Å². The molecular formula is C5H9BrF3Zn. The Morgan fingerprint density at radius 2 is 1.50 bits per heavy atom. The molecule has 0 fully saturated rings. The van der Waals surface area contributed by atoms with E-state index in [1.165, 1.54) is 13.8 Å². The topological polar surface area (TPSA) is 0 Å². The molecule has 0 rings (SSSR count). The molecule has 0 N–H and O–H groups in total. The Bertz CT molecular complexity index is 99.6. The van der Waals surface area contributed by atoms with Crippen LogP contribution in [-0.2, 0) is 18.3 Å². The van der Waals surface area contributed by atoms with Gasteiger partial charge in [-0.3, -0.25) is 0 Å². The fourth-order valence-corrected chi connectivity index (χ4v) is 0.736. The molecule has 0 aliphatic rings. The zero-order valence-corrected chi connectivity index (χ0v) is 10.6. The molecule has 0 radical (unpaired) electrons. The predicted molar refractivity (Wildman–Crippen MR) is 35.0 cm³/mol. The zero-order valence-electron chi connectivity index (χ0n) is 5.96. The first kappa shape index (κ1) is 13.5. The first-order chi connectivity index (χ1) is 3.81. The Balaban J connectivity index is 0. The van der Waals surface area contributed by atoms with E-state index in [0.717, 1.165) is 0 Å². The van der Waals surface area contributed by atoms with Gasteiger partial charge in [0.2, 0.25) is 0 Å². The Morgan fingerprint density at radius 3 is 1.50 bits per heavy atom. The quantitative estimate of drug-likeness (QED) is 0.643. The minimum atomic E-state index is -4.02. The Kier molecular flexibility index (Phi) is 5.46. The first-order valence-corrected chi connectivity index (χ1v) is 4.77. The SMILES string of the molecule is Br.CC(C)([CH2][Zn])C(F)(F)F. The van der Waals surface area contributed by atoms with Crippen LogP contribution in [0.4, 0.5) is 13.2 Å². The Labute approximate surface area is 79.0 Å². The second-order valence-electron chi connectivity index (χ2n) is 2.63. The monoisotopic (exact) mass is 269 g/mol. The average molecular weight is 271 g/mol. The summed E-state index contributed by atoms with van der Waals surface area (Å²) in [4.78, 5) is 0. The normalized spacial score (nSPS) is 12.7. The maximum absolute atomic E-state index is 11.9. The van der Waals surface area contributed by atoms with Gasteiger partial charge in [0.05, 0.1) is 0 Å². The molecule has 0 aliphatic heterocycles. The van der Waals surface area contributed by atoms with Crippen LogP contribution in [0.1, 0.15) is 13.8 Å². The van der Waals surface area contributed by atoms with Crippen molar-refractivity contribution in [2.45, 2.75) is 25.0 Å². The van der Waals surface area contributed by atoms with E-state index < -0.39 is 11.6 Å². The third kappa shape index (κ3) is 3.33. The molecule has 0 amide bonds. The average Bonchev–Trinajstić information content (AvgIpc) is 1.64. The van der Waals surface area contributed by atoms with Crippen molar-refractivity contribution >= 4 is 17.0 Å². The zero-order chi connectivity index (χ0) is 7.71. The van der Waals surface area contributed by atoms with Crippen LogP contribution >= 0.6 is 17.0 Å². The van der Waals surface area contributed by atoms with E-state index in [4.69, 9.17) is 0 Å². The predicted octanol–water partition coefficient (Wildman–Crippen LogP) is 3.12. The van der Waals surface area contributed by atoms with Gasteiger partial charge in [0.1, 0.15) is 0 Å². The number of hydrogen-bond donors (Lipinski definition) is 0. The summed E-state index contributed by atoms with van der Waals surface area (Å²) in [6, 6.07) is 0. The molecule has 0 aromatic rings. The molecular weight excluding hydrogens is 262 g/mol. The summed E-state index contributed by atoms with van der Waals surface area (Å²) in [5.74, 6) is 0. The van der Waals surface area contributed by atoms with Gasteiger partial charge in [-0.1, -0.05) is 0 Å². The molecule has 0 aliphatic carbocycles. The summed E-state index contributed by atoms with van der Waals surface area (Å²) < 4.78 is 35.6. The molecule has 0 unspecified atom stereocenters. The van der Waals surface area contributed by atoms with Gasteiger partial charge in [-0.2, -0.15) is 0 Å². The molecule has 0 bridgehead atoms. The molecule has 0 heterocycles. The Morgan fingerprint density at radius 1 is 1.20 bits per heavy atom. The molecule has 0 saturated carbocycles. The molecule has 59 valence electrons. The van der Waals surface area contributed by atoms with Crippen LogP contribution in [0.3, 0.4) is 0 Å². The summed E-state index contributed by atoms with van der Waals surface area (Å²) in [7, 11) is 0. The van der Waals surface area contributed by atoms with E-state index in [2.05, 4.69) is 0 Å². The van der Waals surface area contributed by atoms with Crippen molar-refractivity contribution < 1.29 is 31.5 Å². The fraction of sp³-hybridized carbons (Fsp3) is 1.00. The fourth-order valence-electron chi connectivity index (χ4n) is 0.142. The summed E-state index contributed by atoms with van der Waals surface area (Å²) in [6.07, 6.45) is -4.02. The van der Waals surface area contributed by atoms with Crippen LogP contribution < -0.4 is 0 Å². The summed E-state index contributed by atoms with van der Waals surface area (Å²) >= 11 is 0.701. The van der Waals surface area contributed by atoms with Crippen LogP contribution in [0.25, 0.3) is 0 Å². The molecule has 0 nitrogen and oxygen atoms in total. The van der Waals surface area contributed by atoms with E-state index >= 15 is 0 Å². The maximum atomic E-state index is 11.9. The van der Waals surface area contributed by atoms with Crippen LogP contribution in [0, 0.1) is 5.41 Å². The molecule has 0 saturated heterocycles. The van der Waals surface area contributed by atoms with Gasteiger partial charge in [-0.15, -0.1) is 17.0 Å². The first-order valence-electron chi connectivity index (χ1n) is 2.67. The van der Waals surface area contributed by atoms with Gasteiger partial charge in [0.25, 0.3) is 0 Å². The van der Waals surface area contributed by atoms with Crippen molar-refractivity contribution in [3.05, 3.63) is 0 Å². The second-order valence-corrected chi connectivity index (χ2v) is 3.68. The number of hydrogen-bond acceptors (Lipinski definition) is 0. The van der Waals surface area contributed by atoms with Gasteiger partial charge in [0, 0.05) is 0 Å². The van der Waals surface area contributed by atoms with Crippen molar-refractivity contribution in [2.24, 2.45) is 5.41 Å². The number of alkyl halides is 3. The molecule has 10 heavy (non-hydrogen) atoms. The summed E-state index contributed by atoms with van der Waals surface area (Å²) in [5.41, 5.74) is -1.47. The van der Waals surface area contributed by atoms with Crippen molar-refractivity contribution in [2.75, 3.05) is 0 Å². The van der Waals surface area contributed by atoms with Crippen LogP contribution in [0.2, 0.25) is 5.02 Å². The van der Waals surface area contributed by atoms with Crippen molar-refractivity contribution in [3.63, 3.8) is 0 Å². The standard InChI is InChI=1S/C5H8F3.BrH.Zn/c1-4(2,3)5(6,7)8;;/h1H2,2-3H3;1H;. The van der Waals surface area contributed by atoms with E-state index in [0.29, 0.717) is 18.3 Å². The van der Waals surface area contributed by atoms with Gasteiger partial charge in [-0.05, 0) is 0 Å². The Hall–Kier alpha value is 0.893. The van der Waals surface area contributed by atoms with Gasteiger partial charge in [-0.25, -0.2) is 0 Å². The van der Waals surface area contributed by atoms with Crippen molar-refractivity contribution in [1.29, 1.82) is 0 Å². The van der Waals surface area contributed by atoms with Gasteiger partial charge in [0.15, 0.2) is 0 Å². The van der Waals surface area contributed by atoms with Crippen molar-refractivity contribution in [1.82, 2.24) is 0 Å². The summed E-state index contributed by atoms with van der Waals surface area (Å²) in [6.45, 7) is 2.47. The molecule has 0 atom stereocenters. The van der Waals surface area contributed by atoms with E-state index in [9.17, 15) is 13.2 Å². The van der Waals surface area contributed by atoms with E-state index in [1.807, 2.05) is 0 Å². The molecule has 0 aromatic heterocycles. The van der Waals surface area contributed by atoms with E-state index in [-0.39, 0.29) is 22.0 Å². The number of halogens is 4.